The minimum absolute atomic E-state index is 0.144. The summed E-state index contributed by atoms with van der Waals surface area (Å²) in [5.74, 6) is -0.144. The van der Waals surface area contributed by atoms with E-state index in [-0.39, 0.29) is 5.75 Å². The first kappa shape index (κ1) is 8.58. The molecule has 0 amide bonds. The van der Waals surface area contributed by atoms with E-state index in [2.05, 4.69) is 9.72 Å². The maximum atomic E-state index is 12.2. The first-order chi connectivity index (χ1) is 5.64. The number of aromatic nitrogens is 1. The van der Waals surface area contributed by atoms with Crippen LogP contribution in [0.1, 0.15) is 0 Å². The summed E-state index contributed by atoms with van der Waals surface area (Å²) in [6.07, 6.45) is -1.84. The quantitative estimate of drug-likeness (QED) is 0.645. The van der Waals surface area contributed by atoms with E-state index in [1.165, 1.54) is 18.3 Å². The molecule has 0 fully saturated rings. The summed E-state index contributed by atoms with van der Waals surface area (Å²) >= 11 is 0. The molecule has 0 N–H and O–H groups in total. The van der Waals surface area contributed by atoms with Gasteiger partial charge in [-0.05, 0) is 12.1 Å². The van der Waals surface area contributed by atoms with Crippen molar-refractivity contribution in [3.05, 3.63) is 24.5 Å². The molecule has 0 atom stereocenters. The van der Waals surface area contributed by atoms with E-state index in [1.54, 1.807) is 0 Å². The molecule has 1 rings (SSSR count). The molecule has 1 heterocycles. The fourth-order valence-electron chi connectivity index (χ4n) is 0.589. The number of nitrogens with zero attached hydrogens (tertiary/aromatic N) is 1. The number of alkyl halides is 2. The third-order valence-electron chi connectivity index (χ3n) is 1.03. The highest BCUT2D eigenvalue weighted by Crippen LogP contribution is 2.17. The zero-order chi connectivity index (χ0) is 9.03. The lowest BCUT2D eigenvalue weighted by Crippen LogP contribution is -2.26. The lowest BCUT2D eigenvalue weighted by Gasteiger charge is -2.10. The lowest BCUT2D eigenvalue weighted by molar-refractivity contribution is -0.176. The normalized spacial score (nSPS) is 10.8. The first-order valence-corrected chi connectivity index (χ1v) is 3.07. The van der Waals surface area contributed by atoms with Crippen molar-refractivity contribution in [1.82, 2.24) is 4.98 Å². The fraction of sp³-hybridized carbons (Fsp3) is 0.143. The van der Waals surface area contributed by atoms with Crippen molar-refractivity contribution in [1.29, 1.82) is 0 Å². The van der Waals surface area contributed by atoms with Crippen molar-refractivity contribution in [2.45, 2.75) is 6.11 Å². The van der Waals surface area contributed by atoms with Gasteiger partial charge in [0, 0.05) is 6.20 Å². The molecule has 0 bridgehead atoms. The predicted molar refractivity (Wildman–Crippen MR) is 35.9 cm³/mol. The van der Waals surface area contributed by atoms with Crippen molar-refractivity contribution in [3.63, 3.8) is 0 Å². The van der Waals surface area contributed by atoms with Crippen molar-refractivity contribution in [2.75, 3.05) is 0 Å². The SMILES string of the molecule is O=CC(F)(F)Oc1cccnc1. The third kappa shape index (κ3) is 2.26. The highest BCUT2D eigenvalue weighted by molar-refractivity contribution is 5.57. The van der Waals surface area contributed by atoms with E-state index in [9.17, 15) is 13.6 Å². The first-order valence-electron chi connectivity index (χ1n) is 3.07. The van der Waals surface area contributed by atoms with Gasteiger partial charge in [0.1, 0.15) is 5.75 Å². The largest absolute Gasteiger partial charge is 0.458 e. The van der Waals surface area contributed by atoms with Gasteiger partial charge in [-0.25, -0.2) is 0 Å². The summed E-state index contributed by atoms with van der Waals surface area (Å²) in [6, 6.07) is 2.71. The Kier molecular flexibility index (Phi) is 2.32. The fourth-order valence-corrected chi connectivity index (χ4v) is 0.589. The Labute approximate surface area is 67.0 Å². The summed E-state index contributed by atoms with van der Waals surface area (Å²) < 4.78 is 28.4. The van der Waals surface area contributed by atoms with Gasteiger partial charge in [0.15, 0.2) is 0 Å². The number of ether oxygens (including phenoxy) is 1. The van der Waals surface area contributed by atoms with Crippen LogP contribution in [-0.2, 0) is 4.79 Å². The number of hydrogen-bond donors (Lipinski definition) is 0. The van der Waals surface area contributed by atoms with Crippen LogP contribution in [0.2, 0.25) is 0 Å². The minimum atomic E-state index is -3.77. The van der Waals surface area contributed by atoms with Gasteiger partial charge in [0.2, 0.25) is 6.29 Å². The second-order valence-corrected chi connectivity index (χ2v) is 1.97. The van der Waals surface area contributed by atoms with Crippen LogP contribution in [0.3, 0.4) is 0 Å². The average Bonchev–Trinajstić information content (AvgIpc) is 2.06. The summed E-state index contributed by atoms with van der Waals surface area (Å²) in [6.45, 7) is 0. The molecule has 3 nitrogen and oxygen atoms in total. The molecule has 5 heteroatoms. The van der Waals surface area contributed by atoms with Gasteiger partial charge in [-0.15, -0.1) is 0 Å². The lowest BCUT2D eigenvalue weighted by atomic mass is 10.5. The molecule has 0 saturated carbocycles. The summed E-state index contributed by atoms with van der Waals surface area (Å²) in [4.78, 5) is 13.3. The summed E-state index contributed by atoms with van der Waals surface area (Å²) in [5, 5.41) is 0. The Morgan fingerprint density at radius 1 is 1.58 bits per heavy atom. The number of pyridine rings is 1. The average molecular weight is 173 g/mol. The number of carbonyl (C=O) groups excluding carboxylic acids is 1. The topological polar surface area (TPSA) is 39.2 Å². The molecule has 0 saturated heterocycles. The highest BCUT2D eigenvalue weighted by atomic mass is 19.3. The van der Waals surface area contributed by atoms with Crippen molar-refractivity contribution in [2.24, 2.45) is 0 Å². The third-order valence-corrected chi connectivity index (χ3v) is 1.03. The molecule has 1 aromatic heterocycles. The molecule has 0 unspecified atom stereocenters. The second-order valence-electron chi connectivity index (χ2n) is 1.97. The maximum Gasteiger partial charge on any atom is 0.458 e. The zero-order valence-electron chi connectivity index (χ0n) is 5.91. The maximum absolute atomic E-state index is 12.2. The smallest absolute Gasteiger partial charge is 0.425 e. The van der Waals surface area contributed by atoms with E-state index in [4.69, 9.17) is 0 Å². The molecular weight excluding hydrogens is 168 g/mol. The van der Waals surface area contributed by atoms with Crippen LogP contribution >= 0.6 is 0 Å². The van der Waals surface area contributed by atoms with Crippen LogP contribution in [0, 0.1) is 0 Å². The molecule has 0 aliphatic carbocycles. The number of aldehydes is 1. The van der Waals surface area contributed by atoms with E-state index < -0.39 is 12.4 Å². The Balaban J connectivity index is 2.70. The van der Waals surface area contributed by atoms with E-state index in [1.807, 2.05) is 0 Å². The number of rotatable bonds is 3. The number of hydrogen-bond acceptors (Lipinski definition) is 3. The van der Waals surface area contributed by atoms with Crippen LogP contribution in [0.5, 0.6) is 5.75 Å². The Bertz CT molecular complexity index is 263. The van der Waals surface area contributed by atoms with Crippen LogP contribution in [-0.4, -0.2) is 17.4 Å². The predicted octanol–water partition coefficient (Wildman–Crippen LogP) is 1.25. The Hall–Kier alpha value is -1.52. The van der Waals surface area contributed by atoms with Crippen LogP contribution in [0.25, 0.3) is 0 Å². The molecule has 0 aliphatic heterocycles. The van der Waals surface area contributed by atoms with E-state index >= 15 is 0 Å². The molecule has 0 spiro atoms. The van der Waals surface area contributed by atoms with Gasteiger partial charge >= 0.3 is 6.11 Å². The molecular formula is C7H5F2NO2. The second kappa shape index (κ2) is 3.25. The molecule has 64 valence electrons. The minimum Gasteiger partial charge on any atom is -0.425 e. The van der Waals surface area contributed by atoms with Crippen LogP contribution in [0.4, 0.5) is 8.78 Å². The highest BCUT2D eigenvalue weighted by Gasteiger charge is 2.30. The van der Waals surface area contributed by atoms with Crippen LogP contribution < -0.4 is 4.74 Å². The molecule has 0 aromatic carbocycles. The van der Waals surface area contributed by atoms with Gasteiger partial charge in [-0.2, -0.15) is 8.78 Å². The van der Waals surface area contributed by atoms with E-state index in [0.717, 1.165) is 6.20 Å². The van der Waals surface area contributed by atoms with Crippen molar-refractivity contribution >= 4 is 6.29 Å². The van der Waals surface area contributed by atoms with E-state index in [0.29, 0.717) is 0 Å². The summed E-state index contributed by atoms with van der Waals surface area (Å²) in [5.41, 5.74) is 0. The van der Waals surface area contributed by atoms with Crippen molar-refractivity contribution < 1.29 is 18.3 Å². The number of halogens is 2. The van der Waals surface area contributed by atoms with Gasteiger partial charge < -0.3 is 4.74 Å². The zero-order valence-corrected chi connectivity index (χ0v) is 5.91. The summed E-state index contributed by atoms with van der Waals surface area (Å²) in [7, 11) is 0. The standard InChI is InChI=1S/C7H5F2NO2/c8-7(9,5-11)12-6-2-1-3-10-4-6/h1-5H. The van der Waals surface area contributed by atoms with Gasteiger partial charge in [-0.3, -0.25) is 9.78 Å². The Morgan fingerprint density at radius 2 is 2.33 bits per heavy atom. The molecule has 12 heavy (non-hydrogen) atoms. The molecule has 0 aliphatic rings. The van der Waals surface area contributed by atoms with Gasteiger partial charge in [0.25, 0.3) is 0 Å². The van der Waals surface area contributed by atoms with Gasteiger partial charge in [0.05, 0.1) is 6.20 Å². The monoisotopic (exact) mass is 173 g/mol. The van der Waals surface area contributed by atoms with Crippen molar-refractivity contribution in [3.8, 4) is 5.75 Å². The number of carbonyl (C=O) groups is 1. The van der Waals surface area contributed by atoms with Crippen LogP contribution in [0.15, 0.2) is 24.5 Å². The van der Waals surface area contributed by atoms with Gasteiger partial charge in [-0.1, -0.05) is 0 Å². The molecule has 0 radical (unpaired) electrons. The Morgan fingerprint density at radius 3 is 2.83 bits per heavy atom. The molecule has 1 aromatic rings.